The molecule has 1 N–H and O–H groups in total. The molecule has 27 heavy (non-hydrogen) atoms. The molecule has 0 unspecified atom stereocenters. The Bertz CT molecular complexity index is 931. The first-order valence-corrected chi connectivity index (χ1v) is 9.97. The molecule has 0 heterocycles. The molecule has 0 saturated carbocycles. The molecule has 0 radical (unpaired) electrons. The van der Waals surface area contributed by atoms with E-state index in [0.29, 0.717) is 18.0 Å². The second-order valence-corrected chi connectivity index (χ2v) is 7.66. The number of nitrogens with zero attached hydrogens (tertiary/aromatic N) is 1. The SMILES string of the molecule is C=CCOc1cccc(NC(=O)[C@@H](C)N(c2ccccc2F)S(C)(=O)=O)c1. The number of hydrogen-bond donors (Lipinski definition) is 1. The van der Waals surface area contributed by atoms with Gasteiger partial charge in [0, 0.05) is 11.8 Å². The summed E-state index contributed by atoms with van der Waals surface area (Å²) in [4.78, 5) is 12.6. The highest BCUT2D eigenvalue weighted by Crippen LogP contribution is 2.25. The van der Waals surface area contributed by atoms with Crippen molar-refractivity contribution >= 4 is 27.3 Å². The third-order valence-electron chi connectivity index (χ3n) is 3.65. The van der Waals surface area contributed by atoms with E-state index < -0.39 is 27.8 Å². The van der Waals surface area contributed by atoms with Crippen molar-refractivity contribution in [2.75, 3.05) is 22.5 Å². The summed E-state index contributed by atoms with van der Waals surface area (Å²) in [5.41, 5.74) is 0.237. The molecule has 144 valence electrons. The molecular weight excluding hydrogens is 371 g/mol. The molecule has 2 aromatic rings. The third-order valence-corrected chi connectivity index (χ3v) is 4.88. The van der Waals surface area contributed by atoms with Gasteiger partial charge in [0.15, 0.2) is 0 Å². The largest absolute Gasteiger partial charge is 0.489 e. The number of carbonyl (C=O) groups excluding carboxylic acids is 1. The molecular formula is C19H21FN2O4S. The van der Waals surface area contributed by atoms with Gasteiger partial charge in [0.25, 0.3) is 0 Å². The minimum atomic E-state index is -3.90. The monoisotopic (exact) mass is 392 g/mol. The van der Waals surface area contributed by atoms with E-state index in [1.807, 2.05) is 0 Å². The van der Waals surface area contributed by atoms with Crippen LogP contribution in [0.3, 0.4) is 0 Å². The normalized spacial score (nSPS) is 12.1. The predicted molar refractivity (Wildman–Crippen MR) is 104 cm³/mol. The zero-order valence-electron chi connectivity index (χ0n) is 15.1. The first kappa shape index (κ1) is 20.4. The van der Waals surface area contributed by atoms with Crippen LogP contribution in [0.5, 0.6) is 5.75 Å². The topological polar surface area (TPSA) is 75.7 Å². The van der Waals surface area contributed by atoms with Crippen molar-refractivity contribution in [1.29, 1.82) is 0 Å². The number of para-hydroxylation sites is 1. The average Bonchev–Trinajstić information content (AvgIpc) is 2.61. The standard InChI is InChI=1S/C19H21FN2O4S/c1-4-12-26-16-9-7-8-15(13-16)21-19(23)14(2)22(27(3,24)25)18-11-6-5-10-17(18)20/h4-11,13-14H,1,12H2,2-3H3,(H,21,23)/t14-/m1/s1. The lowest BCUT2D eigenvalue weighted by atomic mass is 10.2. The van der Waals surface area contributed by atoms with E-state index in [0.717, 1.165) is 16.6 Å². The van der Waals surface area contributed by atoms with Gasteiger partial charge in [-0.1, -0.05) is 30.9 Å². The lowest BCUT2D eigenvalue weighted by Gasteiger charge is -2.28. The molecule has 0 aliphatic carbocycles. The number of anilines is 2. The molecule has 1 atom stereocenters. The van der Waals surface area contributed by atoms with Crippen LogP contribution in [0.15, 0.2) is 61.2 Å². The van der Waals surface area contributed by atoms with Gasteiger partial charge in [0.05, 0.1) is 11.9 Å². The zero-order valence-corrected chi connectivity index (χ0v) is 15.9. The summed E-state index contributed by atoms with van der Waals surface area (Å²) >= 11 is 0. The molecule has 1 amide bonds. The molecule has 6 nitrogen and oxygen atoms in total. The summed E-state index contributed by atoms with van der Waals surface area (Å²) in [5, 5.41) is 2.63. The van der Waals surface area contributed by atoms with Crippen molar-refractivity contribution < 1.29 is 22.3 Å². The number of benzene rings is 2. The summed E-state index contributed by atoms with van der Waals surface area (Å²) in [7, 11) is -3.90. The average molecular weight is 392 g/mol. The summed E-state index contributed by atoms with van der Waals surface area (Å²) in [5.74, 6) is -0.818. The van der Waals surface area contributed by atoms with Crippen molar-refractivity contribution in [3.05, 3.63) is 67.0 Å². The van der Waals surface area contributed by atoms with Crippen molar-refractivity contribution in [2.45, 2.75) is 13.0 Å². The fraction of sp³-hybridized carbons (Fsp3) is 0.211. The van der Waals surface area contributed by atoms with Crippen molar-refractivity contribution in [3.63, 3.8) is 0 Å². The van der Waals surface area contributed by atoms with Crippen molar-refractivity contribution in [2.24, 2.45) is 0 Å². The summed E-state index contributed by atoms with van der Waals surface area (Å²) in [6.45, 7) is 5.26. The maximum atomic E-state index is 14.1. The van der Waals surface area contributed by atoms with Gasteiger partial charge in [-0.3, -0.25) is 9.10 Å². The van der Waals surface area contributed by atoms with Crippen LogP contribution in [-0.2, 0) is 14.8 Å². The smallest absolute Gasteiger partial charge is 0.247 e. The van der Waals surface area contributed by atoms with E-state index in [2.05, 4.69) is 11.9 Å². The highest BCUT2D eigenvalue weighted by Gasteiger charge is 2.31. The molecule has 0 spiro atoms. The van der Waals surface area contributed by atoms with E-state index in [-0.39, 0.29) is 5.69 Å². The maximum absolute atomic E-state index is 14.1. The first-order chi connectivity index (χ1) is 12.7. The van der Waals surface area contributed by atoms with Crippen molar-refractivity contribution in [3.8, 4) is 5.75 Å². The predicted octanol–water partition coefficient (Wildman–Crippen LogP) is 3.18. The second-order valence-electron chi connectivity index (χ2n) is 5.80. The summed E-state index contributed by atoms with van der Waals surface area (Å²) in [6.07, 6.45) is 2.51. The zero-order chi connectivity index (χ0) is 20.0. The van der Waals surface area contributed by atoms with E-state index in [9.17, 15) is 17.6 Å². The Morgan fingerprint density at radius 1 is 1.30 bits per heavy atom. The fourth-order valence-corrected chi connectivity index (χ4v) is 3.65. The van der Waals surface area contributed by atoms with E-state index in [1.165, 1.54) is 25.1 Å². The highest BCUT2D eigenvalue weighted by atomic mass is 32.2. The van der Waals surface area contributed by atoms with Crippen LogP contribution in [0.25, 0.3) is 0 Å². The maximum Gasteiger partial charge on any atom is 0.247 e. The Balaban J connectivity index is 2.26. The van der Waals surface area contributed by atoms with Crippen LogP contribution < -0.4 is 14.4 Å². The van der Waals surface area contributed by atoms with Gasteiger partial charge in [-0.15, -0.1) is 0 Å². The van der Waals surface area contributed by atoms with Gasteiger partial charge < -0.3 is 10.1 Å². The van der Waals surface area contributed by atoms with E-state index in [1.54, 1.807) is 30.3 Å². The van der Waals surface area contributed by atoms with Gasteiger partial charge in [0.2, 0.25) is 15.9 Å². The van der Waals surface area contributed by atoms with Crippen LogP contribution in [0, 0.1) is 5.82 Å². The molecule has 2 aromatic carbocycles. The van der Waals surface area contributed by atoms with E-state index >= 15 is 0 Å². The fourth-order valence-electron chi connectivity index (χ4n) is 2.48. The number of amides is 1. The molecule has 0 aliphatic heterocycles. The number of sulfonamides is 1. The van der Waals surface area contributed by atoms with Gasteiger partial charge >= 0.3 is 0 Å². The molecule has 0 aliphatic rings. The van der Waals surface area contributed by atoms with Gasteiger partial charge in [-0.25, -0.2) is 12.8 Å². The number of hydrogen-bond acceptors (Lipinski definition) is 4. The van der Waals surface area contributed by atoms with Crippen molar-refractivity contribution in [1.82, 2.24) is 0 Å². The minimum absolute atomic E-state index is 0.189. The lowest BCUT2D eigenvalue weighted by Crippen LogP contribution is -2.45. The molecule has 8 heteroatoms. The molecule has 0 saturated heterocycles. The first-order valence-electron chi connectivity index (χ1n) is 8.12. The van der Waals surface area contributed by atoms with E-state index in [4.69, 9.17) is 4.74 Å². The second kappa shape index (κ2) is 8.68. The Hall–Kier alpha value is -2.87. The summed E-state index contributed by atoms with van der Waals surface area (Å²) < 4.78 is 44.7. The van der Waals surface area contributed by atoms with Crippen LogP contribution in [0.2, 0.25) is 0 Å². The number of ether oxygens (including phenoxy) is 1. The quantitative estimate of drug-likeness (QED) is 0.700. The third kappa shape index (κ3) is 5.30. The Kier molecular flexibility index (Phi) is 6.57. The van der Waals surface area contributed by atoms with Crippen LogP contribution in [0.4, 0.5) is 15.8 Å². The minimum Gasteiger partial charge on any atom is -0.489 e. The van der Waals surface area contributed by atoms with Crippen LogP contribution >= 0.6 is 0 Å². The molecule has 2 rings (SSSR count). The molecule has 0 fully saturated rings. The van der Waals surface area contributed by atoms with Crippen LogP contribution in [-0.4, -0.2) is 33.2 Å². The van der Waals surface area contributed by atoms with Gasteiger partial charge in [0.1, 0.15) is 24.2 Å². The Labute approximate surface area is 158 Å². The van der Waals surface area contributed by atoms with Gasteiger partial charge in [-0.2, -0.15) is 0 Å². The van der Waals surface area contributed by atoms with Crippen LogP contribution in [0.1, 0.15) is 6.92 Å². The Morgan fingerprint density at radius 2 is 2.00 bits per heavy atom. The Morgan fingerprint density at radius 3 is 2.63 bits per heavy atom. The number of halogens is 1. The molecule has 0 aromatic heterocycles. The highest BCUT2D eigenvalue weighted by molar-refractivity contribution is 7.92. The summed E-state index contributed by atoms with van der Waals surface area (Å²) in [6, 6.07) is 10.9. The van der Waals surface area contributed by atoms with Gasteiger partial charge in [-0.05, 0) is 31.2 Å². The lowest BCUT2D eigenvalue weighted by molar-refractivity contribution is -0.116. The number of nitrogens with one attached hydrogen (secondary N) is 1. The number of carbonyl (C=O) groups is 1. The molecule has 0 bridgehead atoms. The number of rotatable bonds is 8.